The van der Waals surface area contributed by atoms with Crippen LogP contribution in [0.4, 0.5) is 0 Å². The molecule has 1 unspecified atom stereocenters. The summed E-state index contributed by atoms with van der Waals surface area (Å²) in [7, 11) is 1.58. The number of carbonyl (C=O) groups excluding carboxylic acids is 1. The lowest BCUT2D eigenvalue weighted by molar-refractivity contribution is -0.123. The predicted molar refractivity (Wildman–Crippen MR) is 87.9 cm³/mol. The Hall–Kier alpha value is -2.24. The summed E-state index contributed by atoms with van der Waals surface area (Å²) in [6, 6.07) is 13.7. The first-order chi connectivity index (χ1) is 11.1. The van der Waals surface area contributed by atoms with E-state index in [1.807, 2.05) is 0 Å². The highest BCUT2D eigenvalue weighted by Crippen LogP contribution is 2.17. The minimum absolute atomic E-state index is 0.106. The van der Waals surface area contributed by atoms with Gasteiger partial charge < -0.3 is 19.9 Å². The molecule has 1 amide bonds. The van der Waals surface area contributed by atoms with Crippen molar-refractivity contribution in [3.63, 3.8) is 0 Å². The fourth-order valence-corrected chi connectivity index (χ4v) is 2.01. The fraction of sp³-hybridized carbons (Fsp3) is 0.235. The van der Waals surface area contributed by atoms with E-state index in [0.717, 1.165) is 0 Å². The van der Waals surface area contributed by atoms with Crippen LogP contribution < -0.4 is 14.8 Å². The normalized spacial score (nSPS) is 11.6. The average molecular weight is 336 g/mol. The van der Waals surface area contributed by atoms with Gasteiger partial charge in [-0.3, -0.25) is 4.79 Å². The molecular weight excluding hydrogens is 318 g/mol. The number of ether oxygens (including phenoxy) is 2. The van der Waals surface area contributed by atoms with Crippen LogP contribution in [0.25, 0.3) is 0 Å². The van der Waals surface area contributed by atoms with Crippen molar-refractivity contribution < 1.29 is 19.4 Å². The number of amides is 1. The zero-order valence-electron chi connectivity index (χ0n) is 12.7. The SMILES string of the molecule is COc1ccc(C(O)CNC(=O)COc2ccc(Cl)cc2)cc1. The highest BCUT2D eigenvalue weighted by atomic mass is 35.5. The Morgan fingerprint density at radius 2 is 1.74 bits per heavy atom. The van der Waals surface area contributed by atoms with Gasteiger partial charge >= 0.3 is 0 Å². The number of benzene rings is 2. The van der Waals surface area contributed by atoms with Crippen molar-refractivity contribution in [3.05, 3.63) is 59.1 Å². The monoisotopic (exact) mass is 335 g/mol. The molecule has 0 aliphatic rings. The van der Waals surface area contributed by atoms with Gasteiger partial charge in [0.05, 0.1) is 13.2 Å². The molecule has 2 aromatic rings. The van der Waals surface area contributed by atoms with Gasteiger partial charge in [-0.25, -0.2) is 0 Å². The molecule has 0 heterocycles. The van der Waals surface area contributed by atoms with E-state index >= 15 is 0 Å². The minimum atomic E-state index is -0.791. The van der Waals surface area contributed by atoms with Crippen molar-refractivity contribution >= 4 is 17.5 Å². The number of aliphatic hydroxyl groups is 1. The fourth-order valence-electron chi connectivity index (χ4n) is 1.89. The second-order valence-electron chi connectivity index (χ2n) is 4.84. The summed E-state index contributed by atoms with van der Waals surface area (Å²) in [5, 5.41) is 13.3. The molecule has 6 heteroatoms. The Bertz CT molecular complexity index is 628. The largest absolute Gasteiger partial charge is 0.497 e. The topological polar surface area (TPSA) is 67.8 Å². The molecule has 2 aromatic carbocycles. The maximum atomic E-state index is 11.7. The maximum Gasteiger partial charge on any atom is 0.258 e. The minimum Gasteiger partial charge on any atom is -0.497 e. The summed E-state index contributed by atoms with van der Waals surface area (Å²) in [5.41, 5.74) is 0.699. The van der Waals surface area contributed by atoms with Crippen molar-refractivity contribution in [1.29, 1.82) is 0 Å². The van der Waals surface area contributed by atoms with Crippen LogP contribution in [0, 0.1) is 0 Å². The Kier molecular flexibility index (Phi) is 6.26. The lowest BCUT2D eigenvalue weighted by Crippen LogP contribution is -2.32. The zero-order chi connectivity index (χ0) is 16.7. The van der Waals surface area contributed by atoms with Crippen molar-refractivity contribution in [1.82, 2.24) is 5.32 Å². The van der Waals surface area contributed by atoms with Gasteiger partial charge in [0, 0.05) is 11.6 Å². The first kappa shape index (κ1) is 17.1. The van der Waals surface area contributed by atoms with E-state index in [4.69, 9.17) is 21.1 Å². The Labute approximate surface area is 139 Å². The molecule has 0 bridgehead atoms. The average Bonchev–Trinajstić information content (AvgIpc) is 2.59. The quantitative estimate of drug-likeness (QED) is 0.816. The molecule has 5 nitrogen and oxygen atoms in total. The lowest BCUT2D eigenvalue weighted by atomic mass is 10.1. The second kappa shape index (κ2) is 8.41. The summed E-state index contributed by atoms with van der Waals surface area (Å²) in [4.78, 5) is 11.7. The van der Waals surface area contributed by atoms with Crippen LogP contribution in [-0.2, 0) is 4.79 Å². The molecule has 122 valence electrons. The number of carbonyl (C=O) groups is 1. The van der Waals surface area contributed by atoms with Gasteiger partial charge in [-0.1, -0.05) is 23.7 Å². The summed E-state index contributed by atoms with van der Waals surface area (Å²) < 4.78 is 10.4. The molecule has 2 N–H and O–H groups in total. The molecule has 0 saturated heterocycles. The van der Waals surface area contributed by atoms with Crippen LogP contribution in [-0.4, -0.2) is 31.3 Å². The molecule has 0 radical (unpaired) electrons. The Morgan fingerprint density at radius 1 is 1.13 bits per heavy atom. The van der Waals surface area contributed by atoms with Crippen LogP contribution in [0.1, 0.15) is 11.7 Å². The number of hydrogen-bond donors (Lipinski definition) is 2. The number of methoxy groups -OCH3 is 1. The van der Waals surface area contributed by atoms with E-state index in [1.165, 1.54) is 0 Å². The van der Waals surface area contributed by atoms with Crippen molar-refractivity contribution in [2.24, 2.45) is 0 Å². The van der Waals surface area contributed by atoms with Gasteiger partial charge in [-0.15, -0.1) is 0 Å². The summed E-state index contributed by atoms with van der Waals surface area (Å²) in [6.45, 7) is -0.0217. The van der Waals surface area contributed by atoms with E-state index in [0.29, 0.717) is 22.1 Å². The van der Waals surface area contributed by atoms with Crippen LogP contribution >= 0.6 is 11.6 Å². The highest BCUT2D eigenvalue weighted by molar-refractivity contribution is 6.30. The third-order valence-corrected chi connectivity index (χ3v) is 3.43. The Balaban J connectivity index is 1.75. The van der Waals surface area contributed by atoms with E-state index in [2.05, 4.69) is 5.32 Å². The molecule has 2 rings (SSSR count). The van der Waals surface area contributed by atoms with E-state index in [-0.39, 0.29) is 19.1 Å². The van der Waals surface area contributed by atoms with Crippen LogP contribution in [0.2, 0.25) is 5.02 Å². The molecule has 0 aromatic heterocycles. The van der Waals surface area contributed by atoms with Crippen molar-refractivity contribution in [2.75, 3.05) is 20.3 Å². The number of hydrogen-bond acceptors (Lipinski definition) is 4. The van der Waals surface area contributed by atoms with Crippen LogP contribution in [0.5, 0.6) is 11.5 Å². The highest BCUT2D eigenvalue weighted by Gasteiger charge is 2.10. The number of nitrogens with one attached hydrogen (secondary N) is 1. The van der Waals surface area contributed by atoms with Crippen LogP contribution in [0.15, 0.2) is 48.5 Å². The summed E-state index contributed by atoms with van der Waals surface area (Å²) in [6.07, 6.45) is -0.791. The third kappa shape index (κ3) is 5.47. The van der Waals surface area contributed by atoms with Gasteiger partial charge in [0.1, 0.15) is 11.5 Å². The van der Waals surface area contributed by atoms with E-state index in [9.17, 15) is 9.90 Å². The van der Waals surface area contributed by atoms with Gasteiger partial charge in [0.15, 0.2) is 6.61 Å². The Morgan fingerprint density at radius 3 is 2.35 bits per heavy atom. The van der Waals surface area contributed by atoms with Gasteiger partial charge in [-0.2, -0.15) is 0 Å². The first-order valence-corrected chi connectivity index (χ1v) is 7.43. The molecule has 0 fully saturated rings. The van der Waals surface area contributed by atoms with Gasteiger partial charge in [-0.05, 0) is 42.0 Å². The van der Waals surface area contributed by atoms with Crippen molar-refractivity contribution in [2.45, 2.75) is 6.10 Å². The standard InChI is InChI=1S/C17H18ClNO4/c1-22-14-6-2-12(3-7-14)16(20)10-19-17(21)11-23-15-8-4-13(18)5-9-15/h2-9,16,20H,10-11H2,1H3,(H,19,21). The molecule has 23 heavy (non-hydrogen) atoms. The molecule has 0 aliphatic carbocycles. The number of halogens is 1. The first-order valence-electron chi connectivity index (χ1n) is 7.05. The zero-order valence-corrected chi connectivity index (χ0v) is 13.4. The van der Waals surface area contributed by atoms with E-state index < -0.39 is 6.10 Å². The van der Waals surface area contributed by atoms with Gasteiger partial charge in [0.2, 0.25) is 0 Å². The van der Waals surface area contributed by atoms with E-state index in [1.54, 1.807) is 55.6 Å². The molecular formula is C17H18ClNO4. The molecule has 0 spiro atoms. The second-order valence-corrected chi connectivity index (χ2v) is 5.27. The maximum absolute atomic E-state index is 11.7. The predicted octanol–water partition coefficient (Wildman–Crippen LogP) is 2.58. The molecule has 1 atom stereocenters. The smallest absolute Gasteiger partial charge is 0.258 e. The summed E-state index contributed by atoms with van der Waals surface area (Å²) in [5.74, 6) is 0.953. The van der Waals surface area contributed by atoms with Crippen molar-refractivity contribution in [3.8, 4) is 11.5 Å². The molecule has 0 saturated carbocycles. The van der Waals surface area contributed by atoms with Crippen LogP contribution in [0.3, 0.4) is 0 Å². The number of rotatable bonds is 7. The third-order valence-electron chi connectivity index (χ3n) is 3.18. The van der Waals surface area contributed by atoms with Gasteiger partial charge in [0.25, 0.3) is 5.91 Å². The molecule has 0 aliphatic heterocycles. The summed E-state index contributed by atoms with van der Waals surface area (Å²) >= 11 is 5.77. The number of aliphatic hydroxyl groups excluding tert-OH is 1. The lowest BCUT2D eigenvalue weighted by Gasteiger charge is -2.13.